The van der Waals surface area contributed by atoms with E-state index in [0.717, 1.165) is 0 Å². The maximum atomic E-state index is 9.24. The quantitative estimate of drug-likeness (QED) is 0.197. The largest absolute Gasteiger partial charge is 0.480 e. The molecule has 13 nitrogen and oxygen atoms in total. The summed E-state index contributed by atoms with van der Waals surface area (Å²) in [6.07, 6.45) is -0.167. The van der Waals surface area contributed by atoms with Crippen LogP contribution in [0.2, 0.25) is 0 Å². The van der Waals surface area contributed by atoms with Crippen molar-refractivity contribution in [2.45, 2.75) is 0 Å². The molecule has 0 bridgehead atoms. The van der Waals surface area contributed by atoms with Crippen LogP contribution in [0.1, 0.15) is 0 Å². The van der Waals surface area contributed by atoms with Gasteiger partial charge in [0.1, 0.15) is 0 Å². The van der Waals surface area contributed by atoms with Crippen molar-refractivity contribution < 1.29 is 54.3 Å². The minimum Gasteiger partial charge on any atom is -0.480 e. The molecule has 0 spiro atoms. The van der Waals surface area contributed by atoms with Gasteiger partial charge in [-0.3, -0.25) is 14.4 Å². The third kappa shape index (κ3) is 78.5. The van der Waals surface area contributed by atoms with E-state index in [9.17, 15) is 9.59 Å². The zero-order valence-electron chi connectivity index (χ0n) is 10.3. The number of nitrogens with two attached hydrogens (primary N) is 2. The van der Waals surface area contributed by atoms with Gasteiger partial charge in [-0.15, -0.1) is 0 Å². The normalized spacial score (nSPS) is 7.14. The first kappa shape index (κ1) is 26.5. The van der Waals surface area contributed by atoms with E-state index in [-0.39, 0.29) is 19.4 Å². The molecule has 0 aliphatic heterocycles. The monoisotopic (exact) mass is 314 g/mol. The SMILES string of the molecule is NCC(=O)O.NCC(=O)O.O=C(O)C(=O)O.O=CC(=O)O. The van der Waals surface area contributed by atoms with Gasteiger partial charge in [-0.1, -0.05) is 0 Å². The molecule has 122 valence electrons. The molecular formula is C8H14N2O11. The first-order chi connectivity index (χ1) is 9.45. The highest BCUT2D eigenvalue weighted by Gasteiger charge is 2.04. The summed E-state index contributed by atoms with van der Waals surface area (Å²) in [6, 6.07) is 0. The summed E-state index contributed by atoms with van der Waals surface area (Å²) in [5.74, 6) is -7.01. The summed E-state index contributed by atoms with van der Waals surface area (Å²) in [5, 5.41) is 37.3. The number of aliphatic carboxylic acids is 5. The summed E-state index contributed by atoms with van der Waals surface area (Å²) < 4.78 is 0. The number of carbonyl (C=O) groups is 6. The lowest BCUT2D eigenvalue weighted by Gasteiger charge is -1.73. The molecule has 0 fully saturated rings. The summed E-state index contributed by atoms with van der Waals surface area (Å²) in [4.78, 5) is 54.6. The van der Waals surface area contributed by atoms with Crippen LogP contribution in [0, 0.1) is 0 Å². The lowest BCUT2D eigenvalue weighted by Crippen LogP contribution is -2.10. The highest BCUT2D eigenvalue weighted by atomic mass is 16.4. The van der Waals surface area contributed by atoms with Crippen LogP contribution in [-0.4, -0.2) is 74.8 Å². The fourth-order valence-corrected chi connectivity index (χ4v) is 0. The zero-order chi connectivity index (χ0) is 18.0. The first-order valence-electron chi connectivity index (χ1n) is 4.44. The Morgan fingerprint density at radius 1 is 0.714 bits per heavy atom. The fourth-order valence-electron chi connectivity index (χ4n) is 0. The number of hydrogen-bond acceptors (Lipinski definition) is 8. The van der Waals surface area contributed by atoms with Crippen molar-refractivity contribution in [1.29, 1.82) is 0 Å². The Kier molecular flexibility index (Phi) is 24.3. The van der Waals surface area contributed by atoms with Crippen molar-refractivity contribution in [3.63, 3.8) is 0 Å². The van der Waals surface area contributed by atoms with E-state index in [4.69, 9.17) is 44.7 Å². The van der Waals surface area contributed by atoms with Gasteiger partial charge in [-0.25, -0.2) is 14.4 Å². The minimum absolute atomic E-state index is 0.167. The van der Waals surface area contributed by atoms with Gasteiger partial charge in [0.15, 0.2) is 0 Å². The van der Waals surface area contributed by atoms with E-state index in [0.29, 0.717) is 0 Å². The van der Waals surface area contributed by atoms with E-state index in [1.807, 2.05) is 0 Å². The van der Waals surface area contributed by atoms with Crippen molar-refractivity contribution in [2.24, 2.45) is 11.5 Å². The molecule has 9 N–H and O–H groups in total. The molecule has 21 heavy (non-hydrogen) atoms. The highest BCUT2D eigenvalue weighted by Crippen LogP contribution is 1.56. The van der Waals surface area contributed by atoms with Crippen LogP contribution in [0.3, 0.4) is 0 Å². The molecule has 0 aliphatic carbocycles. The maximum absolute atomic E-state index is 9.24. The van der Waals surface area contributed by atoms with E-state index in [2.05, 4.69) is 11.5 Å². The molecule has 13 heteroatoms. The average Bonchev–Trinajstić information content (AvgIpc) is 2.40. The number of carboxylic acid groups (broad SMARTS) is 5. The van der Waals surface area contributed by atoms with Crippen molar-refractivity contribution in [1.82, 2.24) is 0 Å². The van der Waals surface area contributed by atoms with Crippen molar-refractivity contribution >= 4 is 36.1 Å². The topological polar surface area (TPSA) is 256 Å². The van der Waals surface area contributed by atoms with Crippen molar-refractivity contribution in [3.05, 3.63) is 0 Å². The molecule has 0 rings (SSSR count). The molecule has 0 saturated heterocycles. The highest BCUT2D eigenvalue weighted by molar-refractivity contribution is 6.27. The number of aldehydes is 1. The van der Waals surface area contributed by atoms with E-state index in [1.165, 1.54) is 0 Å². The molecule has 0 aromatic heterocycles. The standard InChI is InChI=1S/2C2H5NO2.C2H2O4.C2H2O3/c2*3-1-2(4)5;3-1(4)2(5)6;3-1-2(4)5/h2*1,3H2,(H,4,5);(H,3,4)(H,5,6);1H,(H,4,5). The second-order valence-corrected chi connectivity index (χ2v) is 2.26. The fraction of sp³-hybridized carbons (Fsp3) is 0.250. The Labute approximate surface area is 116 Å². The van der Waals surface area contributed by atoms with E-state index >= 15 is 0 Å². The molecule has 0 radical (unpaired) electrons. The Morgan fingerprint density at radius 2 is 0.857 bits per heavy atom. The van der Waals surface area contributed by atoms with Gasteiger partial charge in [-0.2, -0.15) is 0 Å². The van der Waals surface area contributed by atoms with Crippen LogP contribution < -0.4 is 11.5 Å². The molecule has 0 atom stereocenters. The summed E-state index contributed by atoms with van der Waals surface area (Å²) >= 11 is 0. The summed E-state index contributed by atoms with van der Waals surface area (Å²) in [6.45, 7) is -0.556. The molecule has 0 saturated carbocycles. The molecule has 0 amide bonds. The van der Waals surface area contributed by atoms with Gasteiger partial charge in [0.2, 0.25) is 6.29 Å². The number of carboxylic acids is 5. The minimum atomic E-state index is -1.82. The molecule has 0 aromatic carbocycles. The molecule has 0 aromatic rings. The predicted molar refractivity (Wildman–Crippen MR) is 62.4 cm³/mol. The first-order valence-corrected chi connectivity index (χ1v) is 4.44. The van der Waals surface area contributed by atoms with Gasteiger partial charge in [0, 0.05) is 0 Å². The van der Waals surface area contributed by atoms with Gasteiger partial charge >= 0.3 is 29.8 Å². The lowest BCUT2D eigenvalue weighted by atomic mass is 10.7. The lowest BCUT2D eigenvalue weighted by molar-refractivity contribution is -0.159. The third-order valence-corrected chi connectivity index (χ3v) is 0.633. The predicted octanol–water partition coefficient (Wildman–Crippen LogP) is -3.52. The van der Waals surface area contributed by atoms with Crippen LogP contribution >= 0.6 is 0 Å². The smallest absolute Gasteiger partial charge is 0.414 e. The second kappa shape index (κ2) is 19.3. The van der Waals surface area contributed by atoms with Crippen LogP contribution in [-0.2, 0) is 28.8 Å². The maximum Gasteiger partial charge on any atom is 0.414 e. The van der Waals surface area contributed by atoms with Crippen LogP contribution in [0.25, 0.3) is 0 Å². The third-order valence-electron chi connectivity index (χ3n) is 0.633. The van der Waals surface area contributed by atoms with Crippen LogP contribution in [0.4, 0.5) is 0 Å². The second-order valence-electron chi connectivity index (χ2n) is 2.26. The summed E-state index contributed by atoms with van der Waals surface area (Å²) in [5.41, 5.74) is 9.14. The number of carbonyl (C=O) groups excluding carboxylic acids is 1. The van der Waals surface area contributed by atoms with Gasteiger partial charge in [-0.05, 0) is 0 Å². The zero-order valence-corrected chi connectivity index (χ0v) is 10.3. The van der Waals surface area contributed by atoms with Gasteiger partial charge in [0.05, 0.1) is 13.1 Å². The van der Waals surface area contributed by atoms with Crippen molar-refractivity contribution in [2.75, 3.05) is 13.1 Å². The van der Waals surface area contributed by atoms with Crippen LogP contribution in [0.5, 0.6) is 0 Å². The molecule has 0 unspecified atom stereocenters. The number of hydrogen-bond donors (Lipinski definition) is 7. The van der Waals surface area contributed by atoms with E-state index < -0.39 is 29.8 Å². The number of rotatable bonds is 3. The molecule has 0 heterocycles. The molecule has 0 aliphatic rings. The van der Waals surface area contributed by atoms with Gasteiger partial charge in [0.25, 0.3) is 0 Å². The van der Waals surface area contributed by atoms with Crippen molar-refractivity contribution in [3.8, 4) is 0 Å². The molecular weight excluding hydrogens is 300 g/mol. The Bertz CT molecular complexity index is 339. The summed E-state index contributed by atoms with van der Waals surface area (Å²) in [7, 11) is 0. The Morgan fingerprint density at radius 3 is 0.857 bits per heavy atom. The van der Waals surface area contributed by atoms with E-state index in [1.54, 1.807) is 0 Å². The van der Waals surface area contributed by atoms with Gasteiger partial charge < -0.3 is 37.0 Å². The average molecular weight is 314 g/mol. The van der Waals surface area contributed by atoms with Crippen LogP contribution in [0.15, 0.2) is 0 Å². The Balaban J connectivity index is -0.0000000921. The Hall–Kier alpha value is -3.06.